The van der Waals surface area contributed by atoms with Gasteiger partial charge in [0.25, 0.3) is 0 Å². The molecule has 4 saturated heterocycles. The number of rotatable bonds is 21. The van der Waals surface area contributed by atoms with Crippen LogP contribution in [0.25, 0.3) is 0 Å². The number of piperidine rings is 2. The van der Waals surface area contributed by atoms with Gasteiger partial charge in [-0.3, -0.25) is 28.8 Å². The van der Waals surface area contributed by atoms with Crippen LogP contribution in [0, 0.1) is 17.3 Å². The summed E-state index contributed by atoms with van der Waals surface area (Å²) < 4.78 is 23.6. The van der Waals surface area contributed by atoms with Crippen molar-refractivity contribution in [3.63, 3.8) is 0 Å². The minimum absolute atomic E-state index is 0.183. The SMILES string of the molecule is CCC(=O)Oc1ccc(CCC[N+]2(C)C3CCC2CC(C(CC(=O)O)(C(=O)O)C2CC4CCC(C2)[N+]4(C)CCCc2ccc(OC(=O)CC)c(OC(=O)CC)c2)C3)cc1OC(=O)CC. The first-order valence-corrected chi connectivity index (χ1v) is 23.7. The summed E-state index contributed by atoms with van der Waals surface area (Å²) in [7, 11) is 4.58. The summed E-state index contributed by atoms with van der Waals surface area (Å²) in [5.74, 6) is -3.25. The maximum absolute atomic E-state index is 13.8. The maximum atomic E-state index is 13.8. The van der Waals surface area contributed by atoms with Crippen molar-refractivity contribution in [2.45, 2.75) is 161 Å². The fourth-order valence-corrected chi connectivity index (χ4v) is 12.1. The van der Waals surface area contributed by atoms with E-state index in [9.17, 15) is 39.0 Å². The Balaban J connectivity index is 1.13. The Morgan fingerprint density at radius 3 is 1.17 bits per heavy atom. The summed E-state index contributed by atoms with van der Waals surface area (Å²) in [5, 5.41) is 21.8. The van der Waals surface area contributed by atoms with Gasteiger partial charge in [0.05, 0.1) is 63.2 Å². The molecule has 2 N–H and O–H groups in total. The smallest absolute Gasteiger partial charge is 0.311 e. The second-order valence-corrected chi connectivity index (χ2v) is 19.2. The van der Waals surface area contributed by atoms with Crippen molar-refractivity contribution in [2.75, 3.05) is 27.2 Å². The molecule has 4 atom stereocenters. The van der Waals surface area contributed by atoms with Crippen molar-refractivity contribution in [1.29, 1.82) is 0 Å². The van der Waals surface area contributed by atoms with Crippen molar-refractivity contribution < 1.29 is 66.9 Å². The molecule has 0 radical (unpaired) electrons. The fraction of sp³-hybridized carbons (Fsp3) is 0.640. The van der Waals surface area contributed by atoms with Gasteiger partial charge in [0.15, 0.2) is 23.0 Å². The molecule has 0 saturated carbocycles. The Morgan fingerprint density at radius 1 is 0.547 bits per heavy atom. The molecule has 4 aliphatic heterocycles. The number of carbonyl (C=O) groups excluding carboxylic acids is 4. The lowest BCUT2D eigenvalue weighted by Gasteiger charge is -2.55. The number of aliphatic carboxylic acids is 2. The van der Waals surface area contributed by atoms with Crippen LogP contribution in [0.3, 0.4) is 0 Å². The lowest BCUT2D eigenvalue weighted by Crippen LogP contribution is -2.64. The van der Waals surface area contributed by atoms with E-state index in [2.05, 4.69) is 14.1 Å². The topological polar surface area (TPSA) is 180 Å². The van der Waals surface area contributed by atoms with Crippen molar-refractivity contribution in [3.8, 4) is 23.0 Å². The number of carboxylic acid groups (broad SMARTS) is 2. The highest BCUT2D eigenvalue weighted by molar-refractivity contribution is 5.82. The molecule has 0 amide bonds. The lowest BCUT2D eigenvalue weighted by atomic mass is 9.57. The minimum atomic E-state index is -1.35. The van der Waals surface area contributed by atoms with E-state index in [0.29, 0.717) is 38.5 Å². The molecule has 4 heterocycles. The molecular formula is C50H70N2O12+2. The first-order valence-electron chi connectivity index (χ1n) is 23.7. The zero-order chi connectivity index (χ0) is 46.4. The highest BCUT2D eigenvalue weighted by Gasteiger charge is 2.64. The Morgan fingerprint density at radius 2 is 0.875 bits per heavy atom. The van der Waals surface area contributed by atoms with E-state index in [-0.39, 0.29) is 91.1 Å². The number of carboxylic acids is 2. The van der Waals surface area contributed by atoms with Crippen molar-refractivity contribution in [2.24, 2.45) is 17.3 Å². The van der Waals surface area contributed by atoms with Gasteiger partial charge >= 0.3 is 35.8 Å². The molecule has 350 valence electrons. The molecule has 2 aromatic carbocycles. The van der Waals surface area contributed by atoms with Gasteiger partial charge in [-0.25, -0.2) is 0 Å². The number of aryl methyl sites for hydroxylation is 2. The molecule has 14 nitrogen and oxygen atoms in total. The van der Waals surface area contributed by atoms with Crippen LogP contribution in [0.4, 0.5) is 0 Å². The van der Waals surface area contributed by atoms with Gasteiger partial charge in [-0.1, -0.05) is 39.8 Å². The summed E-state index contributed by atoms with van der Waals surface area (Å²) in [6, 6.07) is 11.6. The van der Waals surface area contributed by atoms with E-state index in [1.54, 1.807) is 52.0 Å². The van der Waals surface area contributed by atoms with E-state index in [4.69, 9.17) is 18.9 Å². The molecule has 4 fully saturated rings. The van der Waals surface area contributed by atoms with Gasteiger partial charge in [0.2, 0.25) is 0 Å². The monoisotopic (exact) mass is 890 g/mol. The highest BCUT2D eigenvalue weighted by atomic mass is 16.6. The number of ether oxygens (including phenoxy) is 4. The van der Waals surface area contributed by atoms with Crippen LogP contribution in [-0.2, 0) is 41.6 Å². The number of benzene rings is 2. The van der Waals surface area contributed by atoms with Crippen LogP contribution < -0.4 is 18.9 Å². The third-order valence-electron chi connectivity index (χ3n) is 15.8. The molecular weight excluding hydrogens is 821 g/mol. The predicted octanol–water partition coefficient (Wildman–Crippen LogP) is 7.83. The van der Waals surface area contributed by atoms with Gasteiger partial charge in [-0.2, -0.15) is 0 Å². The molecule has 6 rings (SSSR count). The number of hydrogen-bond acceptors (Lipinski definition) is 10. The number of fused-ring (bicyclic) bond motifs is 4. The molecule has 0 aromatic heterocycles. The van der Waals surface area contributed by atoms with Crippen LogP contribution in [-0.4, -0.2) is 106 Å². The number of hydrogen-bond donors (Lipinski definition) is 2. The summed E-state index contributed by atoms with van der Waals surface area (Å²) in [6.07, 6.45) is 10.2. The van der Waals surface area contributed by atoms with Crippen molar-refractivity contribution in [3.05, 3.63) is 47.5 Å². The summed E-state index contributed by atoms with van der Waals surface area (Å²) in [6.45, 7) is 8.57. The summed E-state index contributed by atoms with van der Waals surface area (Å²) in [5.41, 5.74) is 0.568. The standard InChI is InChI=1S/C50H68N2O12/c1-7-45(55)61-40-21-15-32(25-42(40)63-47(57)9-3)13-11-23-51(5)36-17-18-37(51)28-34(27-36)50(49(59)60,31-44(53)54)35-29-38-19-20-39(30-35)52(38,6)24-12-14-33-16-22-41(62-46(56)8-2)43(26-33)64-48(58)10-4/h15-16,21-22,25-26,34-39H,7-14,17-20,23-24,27-31H2,1-6H3/p+2. The maximum Gasteiger partial charge on any atom is 0.311 e. The number of nitrogens with zero attached hydrogens (tertiary/aromatic N) is 2. The molecule has 64 heavy (non-hydrogen) atoms. The van der Waals surface area contributed by atoms with Crippen LogP contribution in [0.15, 0.2) is 36.4 Å². The molecule has 4 aliphatic rings. The molecule has 4 unspecified atom stereocenters. The predicted molar refractivity (Wildman–Crippen MR) is 237 cm³/mol. The quantitative estimate of drug-likeness (QED) is 0.0706. The van der Waals surface area contributed by atoms with Gasteiger partial charge in [0.1, 0.15) is 0 Å². The van der Waals surface area contributed by atoms with E-state index in [1.165, 1.54) is 0 Å². The highest BCUT2D eigenvalue weighted by Crippen LogP contribution is 2.58. The fourth-order valence-electron chi connectivity index (χ4n) is 12.1. The second kappa shape index (κ2) is 20.6. The number of esters is 4. The van der Waals surface area contributed by atoms with E-state index in [1.807, 2.05) is 12.1 Å². The van der Waals surface area contributed by atoms with Crippen LogP contribution in [0.2, 0.25) is 0 Å². The first-order chi connectivity index (χ1) is 30.5. The second-order valence-electron chi connectivity index (χ2n) is 19.2. The number of quaternary nitrogens is 2. The van der Waals surface area contributed by atoms with Gasteiger partial charge in [-0.15, -0.1) is 0 Å². The van der Waals surface area contributed by atoms with Gasteiger partial charge < -0.3 is 38.1 Å². The van der Waals surface area contributed by atoms with Crippen LogP contribution in [0.1, 0.15) is 135 Å². The van der Waals surface area contributed by atoms with E-state index in [0.717, 1.165) is 71.7 Å². The molecule has 4 bridgehead atoms. The number of carbonyl (C=O) groups is 6. The lowest BCUT2D eigenvalue weighted by molar-refractivity contribution is -0.951. The Hall–Kier alpha value is -4.82. The molecule has 2 aromatic rings. The molecule has 0 aliphatic carbocycles. The minimum Gasteiger partial charge on any atom is -0.481 e. The molecule has 14 heteroatoms. The summed E-state index contributed by atoms with van der Waals surface area (Å²) in [4.78, 5) is 75.1. The third-order valence-corrected chi connectivity index (χ3v) is 15.8. The average molecular weight is 891 g/mol. The average Bonchev–Trinajstić information content (AvgIpc) is 3.48. The summed E-state index contributed by atoms with van der Waals surface area (Å²) >= 11 is 0. The third kappa shape index (κ3) is 10.3. The Bertz CT molecular complexity index is 1910. The first kappa shape index (κ1) is 48.6. The van der Waals surface area contributed by atoms with Crippen molar-refractivity contribution >= 4 is 35.8 Å². The van der Waals surface area contributed by atoms with Crippen molar-refractivity contribution in [1.82, 2.24) is 0 Å². The zero-order valence-corrected chi connectivity index (χ0v) is 38.7. The van der Waals surface area contributed by atoms with Gasteiger partial charge in [-0.05, 0) is 60.1 Å². The largest absolute Gasteiger partial charge is 0.481 e. The Kier molecular flexibility index (Phi) is 15.6. The van der Waals surface area contributed by atoms with Crippen LogP contribution in [0.5, 0.6) is 23.0 Å². The molecule has 0 spiro atoms. The van der Waals surface area contributed by atoms with E-state index >= 15 is 0 Å². The Labute approximate surface area is 377 Å². The normalized spacial score (nSPS) is 27.8. The van der Waals surface area contributed by atoms with E-state index < -0.39 is 41.2 Å². The zero-order valence-electron chi connectivity index (χ0n) is 38.7. The van der Waals surface area contributed by atoms with Gasteiger partial charge in [0, 0.05) is 89.9 Å². The van der Waals surface area contributed by atoms with Crippen LogP contribution >= 0.6 is 0 Å².